The van der Waals surface area contributed by atoms with Gasteiger partial charge in [0.1, 0.15) is 6.07 Å². The number of nitrogen functional groups attached to an aromatic ring is 1. The Morgan fingerprint density at radius 2 is 1.81 bits per heavy atom. The quantitative estimate of drug-likeness (QED) is 0.836. The van der Waals surface area contributed by atoms with E-state index in [4.69, 9.17) is 11.0 Å². The molecule has 2 aromatic rings. The van der Waals surface area contributed by atoms with Crippen molar-refractivity contribution in [3.05, 3.63) is 46.8 Å². The molecule has 0 fully saturated rings. The number of alkyl halides is 3. The van der Waals surface area contributed by atoms with Gasteiger partial charge in [-0.15, -0.1) is 0 Å². The van der Waals surface area contributed by atoms with Gasteiger partial charge in [-0.1, -0.05) is 0 Å². The van der Waals surface area contributed by atoms with Crippen LogP contribution in [0.3, 0.4) is 0 Å². The van der Waals surface area contributed by atoms with Crippen LogP contribution in [0.4, 0.5) is 18.9 Å². The molecular weight excluding hydrogens is 355 g/mol. The zero-order valence-electron chi connectivity index (χ0n) is 13.5. The van der Waals surface area contributed by atoms with Crippen molar-refractivity contribution in [3.8, 4) is 11.8 Å². The van der Waals surface area contributed by atoms with E-state index in [9.17, 15) is 22.8 Å². The fourth-order valence-corrected chi connectivity index (χ4v) is 2.32. The maximum absolute atomic E-state index is 13.3. The highest BCUT2D eigenvalue weighted by atomic mass is 19.4. The Hall–Kier alpha value is -3.48. The van der Waals surface area contributed by atoms with Crippen LogP contribution < -0.4 is 5.73 Å². The third-order valence-corrected chi connectivity index (χ3v) is 3.54. The van der Waals surface area contributed by atoms with Crippen molar-refractivity contribution < 1.29 is 32.2 Å². The average molecular weight is 367 g/mol. The predicted octanol–water partition coefficient (Wildman–Crippen LogP) is 2.52. The average Bonchev–Trinajstić information content (AvgIpc) is 2.95. The number of hydrogen-bond acceptors (Lipinski definition) is 6. The Bertz CT molecular complexity index is 926. The highest BCUT2D eigenvalue weighted by molar-refractivity contribution is 5.96. The van der Waals surface area contributed by atoms with Crippen molar-refractivity contribution in [3.63, 3.8) is 0 Å². The molecule has 7 nitrogen and oxygen atoms in total. The molecule has 0 amide bonds. The van der Waals surface area contributed by atoms with Crippen molar-refractivity contribution in [2.75, 3.05) is 20.0 Å². The summed E-state index contributed by atoms with van der Waals surface area (Å²) in [6.07, 6.45) is -3.75. The van der Waals surface area contributed by atoms with Crippen LogP contribution in [-0.2, 0) is 15.7 Å². The molecule has 1 heterocycles. The fourth-order valence-electron chi connectivity index (χ4n) is 2.32. The van der Waals surface area contributed by atoms with Crippen molar-refractivity contribution in [2.24, 2.45) is 0 Å². The van der Waals surface area contributed by atoms with Crippen LogP contribution in [0, 0.1) is 11.3 Å². The van der Waals surface area contributed by atoms with Gasteiger partial charge in [-0.05, 0) is 18.2 Å². The lowest BCUT2D eigenvalue weighted by atomic mass is 10.1. The summed E-state index contributed by atoms with van der Waals surface area (Å²) in [6.45, 7) is 0. The van der Waals surface area contributed by atoms with E-state index in [0.717, 1.165) is 37.1 Å². The standard InChI is InChI=1S/C16H12F3N3O4/c1-25-14(23)10-4-3-9(5-11(10)16(17,18)19)22-7-8(6-20)12(21)13(22)15(24)26-2/h3-5,7H,21H2,1-2H3. The van der Waals surface area contributed by atoms with Crippen molar-refractivity contribution in [2.45, 2.75) is 6.18 Å². The largest absolute Gasteiger partial charge is 0.465 e. The Balaban J connectivity index is 2.77. The van der Waals surface area contributed by atoms with Gasteiger partial charge < -0.3 is 19.8 Å². The van der Waals surface area contributed by atoms with Crippen LogP contribution in [0.15, 0.2) is 24.4 Å². The number of carbonyl (C=O) groups is 2. The number of esters is 2. The first kappa shape index (κ1) is 18.9. The Labute approximate surface area is 145 Å². The first-order valence-electron chi connectivity index (χ1n) is 6.94. The second kappa shape index (κ2) is 6.79. The minimum Gasteiger partial charge on any atom is -0.465 e. The molecule has 0 bridgehead atoms. The van der Waals surface area contributed by atoms with Crippen molar-refractivity contribution >= 4 is 17.6 Å². The van der Waals surface area contributed by atoms with Crippen molar-refractivity contribution in [1.29, 1.82) is 5.26 Å². The van der Waals surface area contributed by atoms with Crippen LogP contribution in [0.1, 0.15) is 32.0 Å². The van der Waals surface area contributed by atoms with Gasteiger partial charge in [0, 0.05) is 11.9 Å². The highest BCUT2D eigenvalue weighted by Gasteiger charge is 2.36. The van der Waals surface area contributed by atoms with Crippen molar-refractivity contribution in [1.82, 2.24) is 4.57 Å². The molecule has 0 aliphatic rings. The smallest absolute Gasteiger partial charge is 0.417 e. The Kier molecular flexibility index (Phi) is 4.93. The molecule has 0 unspecified atom stereocenters. The Morgan fingerprint density at radius 1 is 1.19 bits per heavy atom. The van der Waals surface area contributed by atoms with Crippen LogP contribution in [0.25, 0.3) is 5.69 Å². The van der Waals surface area contributed by atoms with Gasteiger partial charge in [0.15, 0.2) is 5.69 Å². The van der Waals surface area contributed by atoms with E-state index < -0.39 is 29.2 Å². The van der Waals surface area contributed by atoms with Gasteiger partial charge in [-0.25, -0.2) is 9.59 Å². The number of hydrogen-bond donors (Lipinski definition) is 1. The van der Waals surface area contributed by atoms with Crippen LogP contribution in [0.2, 0.25) is 0 Å². The molecule has 10 heteroatoms. The lowest BCUT2D eigenvalue weighted by Gasteiger charge is -2.15. The second-order valence-electron chi connectivity index (χ2n) is 5.00. The monoisotopic (exact) mass is 367 g/mol. The van der Waals surface area contributed by atoms with E-state index in [1.54, 1.807) is 6.07 Å². The number of halogens is 3. The molecule has 2 rings (SSSR count). The zero-order valence-corrected chi connectivity index (χ0v) is 13.5. The normalized spacial score (nSPS) is 10.9. The highest BCUT2D eigenvalue weighted by Crippen LogP contribution is 2.35. The summed E-state index contributed by atoms with van der Waals surface area (Å²) in [4.78, 5) is 23.5. The molecule has 0 atom stereocenters. The predicted molar refractivity (Wildman–Crippen MR) is 82.6 cm³/mol. The number of rotatable bonds is 3. The number of benzene rings is 1. The molecule has 1 aromatic heterocycles. The summed E-state index contributed by atoms with van der Waals surface area (Å²) >= 11 is 0. The molecule has 0 saturated heterocycles. The van der Waals surface area contributed by atoms with Gasteiger partial charge in [0.05, 0.1) is 36.6 Å². The molecule has 136 valence electrons. The summed E-state index contributed by atoms with van der Waals surface area (Å²) in [5.41, 5.74) is 2.97. The molecule has 0 saturated carbocycles. The molecule has 0 spiro atoms. The topological polar surface area (TPSA) is 107 Å². The van der Waals surface area contributed by atoms with Gasteiger partial charge in [-0.3, -0.25) is 0 Å². The lowest BCUT2D eigenvalue weighted by molar-refractivity contribution is -0.138. The lowest BCUT2D eigenvalue weighted by Crippen LogP contribution is -2.16. The van der Waals surface area contributed by atoms with E-state index in [-0.39, 0.29) is 22.6 Å². The van der Waals surface area contributed by atoms with Crippen LogP contribution >= 0.6 is 0 Å². The summed E-state index contributed by atoms with van der Waals surface area (Å²) in [6, 6.07) is 4.46. The van der Waals surface area contributed by atoms with Gasteiger partial charge in [0.2, 0.25) is 0 Å². The molecular formula is C16H12F3N3O4. The second-order valence-corrected chi connectivity index (χ2v) is 5.00. The number of nitriles is 1. The SMILES string of the molecule is COC(=O)c1ccc(-n2cc(C#N)c(N)c2C(=O)OC)cc1C(F)(F)F. The molecule has 0 aliphatic carbocycles. The first-order chi connectivity index (χ1) is 12.1. The van der Waals surface area contributed by atoms with E-state index in [1.165, 1.54) is 0 Å². The van der Waals surface area contributed by atoms with Crippen LogP contribution in [-0.4, -0.2) is 30.7 Å². The maximum Gasteiger partial charge on any atom is 0.417 e. The summed E-state index contributed by atoms with van der Waals surface area (Å²) in [5.74, 6) is -2.10. The van der Waals surface area contributed by atoms with E-state index in [2.05, 4.69) is 9.47 Å². The Morgan fingerprint density at radius 3 is 2.31 bits per heavy atom. The number of aromatic nitrogens is 1. The molecule has 0 radical (unpaired) electrons. The fraction of sp³-hybridized carbons (Fsp3) is 0.188. The number of ether oxygens (including phenoxy) is 2. The van der Waals surface area contributed by atoms with Crippen LogP contribution in [0.5, 0.6) is 0 Å². The summed E-state index contributed by atoms with van der Waals surface area (Å²) in [5, 5.41) is 9.05. The maximum atomic E-state index is 13.3. The third-order valence-electron chi connectivity index (χ3n) is 3.54. The molecule has 0 aliphatic heterocycles. The van der Waals surface area contributed by atoms with E-state index >= 15 is 0 Å². The van der Waals surface area contributed by atoms with Gasteiger partial charge in [0.25, 0.3) is 0 Å². The van der Waals surface area contributed by atoms with Gasteiger partial charge >= 0.3 is 18.1 Å². The number of methoxy groups -OCH3 is 2. The van der Waals surface area contributed by atoms with Gasteiger partial charge in [-0.2, -0.15) is 18.4 Å². The minimum atomic E-state index is -4.86. The minimum absolute atomic E-state index is 0.115. The first-order valence-corrected chi connectivity index (χ1v) is 6.94. The zero-order chi connectivity index (χ0) is 19.6. The van der Waals surface area contributed by atoms with E-state index in [1.807, 2.05) is 0 Å². The number of nitrogens with two attached hydrogens (primary N) is 1. The molecule has 26 heavy (non-hydrogen) atoms. The summed E-state index contributed by atoms with van der Waals surface area (Å²) in [7, 11) is 2.02. The number of carbonyl (C=O) groups excluding carboxylic acids is 2. The summed E-state index contributed by atoms with van der Waals surface area (Å²) < 4.78 is 49.9. The third kappa shape index (κ3) is 3.19. The number of nitrogens with zero attached hydrogens (tertiary/aromatic N) is 2. The molecule has 2 N–H and O–H groups in total. The van der Waals surface area contributed by atoms with E-state index in [0.29, 0.717) is 6.07 Å². The molecule has 1 aromatic carbocycles. The number of anilines is 1.